The van der Waals surface area contributed by atoms with E-state index in [1.54, 1.807) is 6.08 Å². The van der Waals surface area contributed by atoms with Crippen LogP contribution in [0.2, 0.25) is 0 Å². The molecular weight excluding hydrogens is 164 g/mol. The van der Waals surface area contributed by atoms with E-state index in [0.29, 0.717) is 6.04 Å². The first kappa shape index (κ1) is 10.3. The molecule has 0 spiro atoms. The molecule has 74 valence electrons. The topological polar surface area (TPSA) is 32.3 Å². The summed E-state index contributed by atoms with van der Waals surface area (Å²) in [5, 5.41) is 3.19. The quantitative estimate of drug-likeness (QED) is 0.640. The Hall–Kier alpha value is -0.830. The third kappa shape index (κ3) is 2.84. The van der Waals surface area contributed by atoms with Gasteiger partial charge in [-0.3, -0.25) is 4.79 Å². The zero-order valence-corrected chi connectivity index (χ0v) is 8.63. The normalized spacial score (nSPS) is 21.8. The first-order valence-electron chi connectivity index (χ1n) is 4.74. The first-order valence-corrected chi connectivity index (χ1v) is 4.74. The van der Waals surface area contributed by atoms with Crippen molar-refractivity contribution in [3.05, 3.63) is 11.6 Å². The van der Waals surface area contributed by atoms with Crippen molar-refractivity contribution in [2.75, 3.05) is 20.1 Å². The minimum Gasteiger partial charge on any atom is -0.338 e. The van der Waals surface area contributed by atoms with Crippen LogP contribution in [-0.4, -0.2) is 37.0 Å². The summed E-state index contributed by atoms with van der Waals surface area (Å²) in [4.78, 5) is 13.4. The standard InChI is InChI=1S/C10H18N2O/c1-8(2)6-10(13)12-5-4-9(7-12)11-3/h6,9,11H,4-5,7H2,1-3H3. The Morgan fingerprint density at radius 1 is 1.54 bits per heavy atom. The molecule has 1 amide bonds. The number of likely N-dealkylation sites (tertiary alicyclic amines) is 1. The van der Waals surface area contributed by atoms with E-state index in [4.69, 9.17) is 0 Å². The van der Waals surface area contributed by atoms with Gasteiger partial charge in [-0.05, 0) is 27.3 Å². The summed E-state index contributed by atoms with van der Waals surface area (Å²) < 4.78 is 0. The highest BCUT2D eigenvalue weighted by Crippen LogP contribution is 2.09. The van der Waals surface area contributed by atoms with Crippen molar-refractivity contribution in [1.29, 1.82) is 0 Å². The van der Waals surface area contributed by atoms with Crippen LogP contribution in [0.3, 0.4) is 0 Å². The Morgan fingerprint density at radius 3 is 2.69 bits per heavy atom. The van der Waals surface area contributed by atoms with Crippen LogP contribution in [0.4, 0.5) is 0 Å². The maximum Gasteiger partial charge on any atom is 0.246 e. The van der Waals surface area contributed by atoms with Gasteiger partial charge in [0.2, 0.25) is 5.91 Å². The molecule has 1 N–H and O–H groups in total. The molecule has 0 saturated carbocycles. The maximum atomic E-state index is 11.5. The molecule has 1 rings (SSSR count). The summed E-state index contributed by atoms with van der Waals surface area (Å²) in [5.41, 5.74) is 1.07. The molecule has 3 nitrogen and oxygen atoms in total. The highest BCUT2D eigenvalue weighted by atomic mass is 16.2. The minimum absolute atomic E-state index is 0.151. The van der Waals surface area contributed by atoms with Crippen LogP contribution in [0.15, 0.2) is 11.6 Å². The summed E-state index contributed by atoms with van der Waals surface area (Å²) in [6.07, 6.45) is 2.77. The first-order chi connectivity index (χ1) is 6.13. The molecule has 0 radical (unpaired) electrons. The molecule has 1 saturated heterocycles. The third-order valence-electron chi connectivity index (χ3n) is 2.32. The van der Waals surface area contributed by atoms with Gasteiger partial charge < -0.3 is 10.2 Å². The van der Waals surface area contributed by atoms with Gasteiger partial charge in [-0.2, -0.15) is 0 Å². The molecule has 0 aromatic carbocycles. The number of nitrogens with one attached hydrogen (secondary N) is 1. The van der Waals surface area contributed by atoms with Gasteiger partial charge >= 0.3 is 0 Å². The van der Waals surface area contributed by atoms with Crippen LogP contribution < -0.4 is 5.32 Å². The fraction of sp³-hybridized carbons (Fsp3) is 0.700. The predicted octanol–water partition coefficient (Wildman–Crippen LogP) is 0.773. The van der Waals surface area contributed by atoms with E-state index >= 15 is 0 Å². The number of carbonyl (C=O) groups is 1. The van der Waals surface area contributed by atoms with Gasteiger partial charge in [0, 0.05) is 25.2 Å². The number of carbonyl (C=O) groups excluding carboxylic acids is 1. The number of hydrogen-bond donors (Lipinski definition) is 1. The highest BCUT2D eigenvalue weighted by Gasteiger charge is 2.23. The minimum atomic E-state index is 0.151. The Labute approximate surface area is 79.8 Å². The van der Waals surface area contributed by atoms with Gasteiger partial charge in [0.15, 0.2) is 0 Å². The van der Waals surface area contributed by atoms with Crippen LogP contribution >= 0.6 is 0 Å². The number of hydrogen-bond acceptors (Lipinski definition) is 2. The van der Waals surface area contributed by atoms with Crippen LogP contribution in [0, 0.1) is 0 Å². The molecule has 0 aliphatic carbocycles. The Morgan fingerprint density at radius 2 is 2.23 bits per heavy atom. The van der Waals surface area contributed by atoms with Gasteiger partial charge in [0.25, 0.3) is 0 Å². The molecule has 0 bridgehead atoms. The van der Waals surface area contributed by atoms with E-state index in [9.17, 15) is 4.79 Å². The summed E-state index contributed by atoms with van der Waals surface area (Å²) >= 11 is 0. The van der Waals surface area contributed by atoms with Crippen LogP contribution in [0.1, 0.15) is 20.3 Å². The van der Waals surface area contributed by atoms with Crippen molar-refractivity contribution < 1.29 is 4.79 Å². The monoisotopic (exact) mass is 182 g/mol. The molecule has 0 aromatic rings. The zero-order chi connectivity index (χ0) is 9.84. The van der Waals surface area contributed by atoms with Crippen LogP contribution in [-0.2, 0) is 4.79 Å². The molecular formula is C10H18N2O. The number of allylic oxidation sites excluding steroid dienone is 1. The largest absolute Gasteiger partial charge is 0.338 e. The molecule has 1 atom stereocenters. The number of amides is 1. The van der Waals surface area contributed by atoms with E-state index < -0.39 is 0 Å². The zero-order valence-electron chi connectivity index (χ0n) is 8.63. The Bertz CT molecular complexity index is 219. The van der Waals surface area contributed by atoms with Gasteiger partial charge in [-0.1, -0.05) is 5.57 Å². The average molecular weight is 182 g/mol. The smallest absolute Gasteiger partial charge is 0.246 e. The van der Waals surface area contributed by atoms with E-state index in [-0.39, 0.29) is 5.91 Å². The van der Waals surface area contributed by atoms with Gasteiger partial charge in [0.1, 0.15) is 0 Å². The average Bonchev–Trinajstić information content (AvgIpc) is 2.50. The lowest BCUT2D eigenvalue weighted by molar-refractivity contribution is -0.125. The van der Waals surface area contributed by atoms with E-state index in [2.05, 4.69) is 5.32 Å². The highest BCUT2D eigenvalue weighted by molar-refractivity contribution is 5.88. The molecule has 0 aromatic heterocycles. The SMILES string of the molecule is CNC1CCN(C(=O)C=C(C)C)C1. The maximum absolute atomic E-state index is 11.5. The van der Waals surface area contributed by atoms with E-state index in [1.165, 1.54) is 0 Å². The van der Waals surface area contributed by atoms with Gasteiger partial charge in [0.05, 0.1) is 0 Å². The van der Waals surface area contributed by atoms with E-state index in [1.807, 2.05) is 25.8 Å². The molecule has 1 heterocycles. The number of rotatable bonds is 2. The van der Waals surface area contributed by atoms with Crippen molar-refractivity contribution in [2.24, 2.45) is 0 Å². The molecule has 1 aliphatic heterocycles. The fourth-order valence-corrected chi connectivity index (χ4v) is 1.53. The lowest BCUT2D eigenvalue weighted by Crippen LogP contribution is -2.32. The van der Waals surface area contributed by atoms with Crippen LogP contribution in [0.25, 0.3) is 0 Å². The van der Waals surface area contributed by atoms with Gasteiger partial charge in [-0.25, -0.2) is 0 Å². The van der Waals surface area contributed by atoms with E-state index in [0.717, 1.165) is 25.1 Å². The molecule has 1 unspecified atom stereocenters. The lowest BCUT2D eigenvalue weighted by Gasteiger charge is -2.14. The molecule has 1 aliphatic rings. The Kier molecular flexibility index (Phi) is 3.48. The van der Waals surface area contributed by atoms with Crippen molar-refractivity contribution in [3.8, 4) is 0 Å². The number of likely N-dealkylation sites (N-methyl/N-ethyl adjacent to an activating group) is 1. The second kappa shape index (κ2) is 4.42. The Balaban J connectivity index is 2.47. The van der Waals surface area contributed by atoms with Gasteiger partial charge in [-0.15, -0.1) is 0 Å². The fourth-order valence-electron chi connectivity index (χ4n) is 1.53. The summed E-state index contributed by atoms with van der Waals surface area (Å²) in [7, 11) is 1.94. The molecule has 13 heavy (non-hydrogen) atoms. The second-order valence-electron chi connectivity index (χ2n) is 3.78. The predicted molar refractivity (Wildman–Crippen MR) is 53.5 cm³/mol. The van der Waals surface area contributed by atoms with Crippen molar-refractivity contribution in [1.82, 2.24) is 10.2 Å². The number of nitrogens with zero attached hydrogens (tertiary/aromatic N) is 1. The molecule has 1 fully saturated rings. The van der Waals surface area contributed by atoms with Crippen molar-refractivity contribution in [3.63, 3.8) is 0 Å². The van der Waals surface area contributed by atoms with Crippen molar-refractivity contribution >= 4 is 5.91 Å². The van der Waals surface area contributed by atoms with Crippen LogP contribution in [0.5, 0.6) is 0 Å². The summed E-state index contributed by atoms with van der Waals surface area (Å²) in [5.74, 6) is 0.151. The third-order valence-corrected chi connectivity index (χ3v) is 2.32. The summed E-state index contributed by atoms with van der Waals surface area (Å²) in [6, 6.07) is 0.481. The second-order valence-corrected chi connectivity index (χ2v) is 3.78. The van der Waals surface area contributed by atoms with Crippen molar-refractivity contribution in [2.45, 2.75) is 26.3 Å². The lowest BCUT2D eigenvalue weighted by atomic mass is 10.3. The molecule has 3 heteroatoms. The summed E-state index contributed by atoms with van der Waals surface area (Å²) in [6.45, 7) is 5.63.